The molecule has 3 heteroatoms. The minimum absolute atomic E-state index is 0.107. The zero-order valence-corrected chi connectivity index (χ0v) is 20.5. The molecule has 1 heterocycles. The first-order valence-electron chi connectivity index (χ1n) is 10.9. The fourth-order valence-electron chi connectivity index (χ4n) is 4.26. The number of hydrogen-bond acceptors (Lipinski definition) is 1. The molecule has 1 fully saturated rings. The summed E-state index contributed by atoms with van der Waals surface area (Å²) in [6, 6.07) is 17.4. The summed E-state index contributed by atoms with van der Waals surface area (Å²) in [6.07, 6.45) is 6.99. The highest BCUT2D eigenvalue weighted by Gasteiger charge is 2.37. The van der Waals surface area contributed by atoms with Crippen molar-refractivity contribution < 1.29 is 0 Å². The van der Waals surface area contributed by atoms with E-state index in [1.165, 1.54) is 41.8 Å². The first kappa shape index (κ1) is 24.2. The number of hydrogen-bond donors (Lipinski definition) is 0. The summed E-state index contributed by atoms with van der Waals surface area (Å²) >= 11 is 6.13. The van der Waals surface area contributed by atoms with Crippen molar-refractivity contribution in [1.82, 2.24) is 4.90 Å². The van der Waals surface area contributed by atoms with Crippen LogP contribution in [0.5, 0.6) is 0 Å². The Bertz CT molecular complexity index is 782. The Morgan fingerprint density at radius 2 is 1.76 bits per heavy atom. The second-order valence-corrected chi connectivity index (χ2v) is 10.7. The lowest BCUT2D eigenvalue weighted by molar-refractivity contribution is 0.177. The summed E-state index contributed by atoms with van der Waals surface area (Å²) in [4.78, 5) is 4.03. The standard InChI is InChI=1S/C24H32ClNS.C2H6/c1-24(2)17-21(9-8-19-10-12-23(13-11-19)27(3)4)18-26(24)15-14-20-6-5-7-22(25)16-20;1-2/h5-7,10-13,16,21H,3,8-9,14-15,17-18H2,1-2,4H3;1-2H3. The van der Waals surface area contributed by atoms with Crippen molar-refractivity contribution in [2.75, 3.05) is 19.3 Å². The van der Waals surface area contributed by atoms with Crippen LogP contribution in [0.25, 0.3) is 0 Å². The van der Waals surface area contributed by atoms with E-state index in [0.29, 0.717) is 0 Å². The van der Waals surface area contributed by atoms with Crippen LogP contribution in [0.15, 0.2) is 53.4 Å². The Balaban J connectivity index is 0.00000145. The van der Waals surface area contributed by atoms with Crippen LogP contribution in [0.1, 0.15) is 51.7 Å². The highest BCUT2D eigenvalue weighted by molar-refractivity contribution is 8.13. The van der Waals surface area contributed by atoms with E-state index in [-0.39, 0.29) is 16.0 Å². The van der Waals surface area contributed by atoms with Crippen LogP contribution in [0, 0.1) is 5.92 Å². The quantitative estimate of drug-likeness (QED) is 0.414. The lowest BCUT2D eigenvalue weighted by atomic mass is 9.92. The number of aryl methyl sites for hydroxylation is 1. The zero-order valence-electron chi connectivity index (χ0n) is 18.9. The van der Waals surface area contributed by atoms with Gasteiger partial charge in [-0.25, -0.2) is 0 Å². The zero-order chi connectivity index (χ0) is 21.4. The Hall–Kier alpha value is -1.09. The molecule has 0 aliphatic carbocycles. The van der Waals surface area contributed by atoms with E-state index < -0.39 is 0 Å². The second-order valence-electron chi connectivity index (χ2n) is 8.53. The summed E-state index contributed by atoms with van der Waals surface area (Å²) < 4.78 is 0. The van der Waals surface area contributed by atoms with E-state index in [4.69, 9.17) is 11.6 Å². The normalized spacial score (nSPS) is 19.4. The third-order valence-corrected chi connectivity index (χ3v) is 7.16. The van der Waals surface area contributed by atoms with Crippen LogP contribution in [-0.2, 0) is 12.8 Å². The minimum Gasteiger partial charge on any atom is -0.298 e. The second kappa shape index (κ2) is 11.3. The maximum Gasteiger partial charge on any atom is 0.0408 e. The van der Waals surface area contributed by atoms with Gasteiger partial charge in [-0.05, 0) is 87.1 Å². The SMILES string of the molecule is C=S(C)c1ccc(CCC2CN(CCc3cccc(Cl)c3)C(C)(C)C2)cc1.CC. The van der Waals surface area contributed by atoms with Gasteiger partial charge >= 0.3 is 0 Å². The van der Waals surface area contributed by atoms with Crippen molar-refractivity contribution in [1.29, 1.82) is 0 Å². The summed E-state index contributed by atoms with van der Waals surface area (Å²) in [6.45, 7) is 11.1. The molecule has 0 N–H and O–H groups in total. The van der Waals surface area contributed by atoms with E-state index in [0.717, 1.165) is 23.9 Å². The molecular formula is C26H38ClNS. The third kappa shape index (κ3) is 7.27. The number of likely N-dealkylation sites (tertiary alicyclic amines) is 1. The van der Waals surface area contributed by atoms with Gasteiger partial charge in [-0.3, -0.25) is 4.90 Å². The minimum atomic E-state index is 0.107. The van der Waals surface area contributed by atoms with Gasteiger partial charge in [0.25, 0.3) is 0 Å². The molecule has 0 amide bonds. The molecule has 29 heavy (non-hydrogen) atoms. The first-order valence-corrected chi connectivity index (χ1v) is 13.1. The third-order valence-electron chi connectivity index (χ3n) is 5.85. The van der Waals surface area contributed by atoms with Crippen LogP contribution in [0.2, 0.25) is 5.02 Å². The molecule has 0 radical (unpaired) electrons. The smallest absolute Gasteiger partial charge is 0.0408 e. The van der Waals surface area contributed by atoms with Gasteiger partial charge in [0.15, 0.2) is 0 Å². The molecule has 3 rings (SSSR count). The number of halogens is 1. The summed E-state index contributed by atoms with van der Waals surface area (Å²) in [5.41, 5.74) is 3.08. The molecule has 2 atom stereocenters. The Morgan fingerprint density at radius 3 is 2.38 bits per heavy atom. The van der Waals surface area contributed by atoms with Gasteiger partial charge in [0, 0.05) is 28.5 Å². The van der Waals surface area contributed by atoms with Gasteiger partial charge in [-0.15, -0.1) is 0 Å². The summed E-state index contributed by atoms with van der Waals surface area (Å²) in [7, 11) is 0.107. The largest absolute Gasteiger partial charge is 0.298 e. The number of benzene rings is 2. The molecule has 160 valence electrons. The Morgan fingerprint density at radius 1 is 1.07 bits per heavy atom. The van der Waals surface area contributed by atoms with Crippen LogP contribution < -0.4 is 0 Å². The molecule has 2 aromatic carbocycles. The predicted octanol–water partition coefficient (Wildman–Crippen LogP) is 7.33. The monoisotopic (exact) mass is 431 g/mol. The average molecular weight is 432 g/mol. The van der Waals surface area contributed by atoms with Crippen molar-refractivity contribution in [3.8, 4) is 0 Å². The number of rotatable bonds is 7. The highest BCUT2D eigenvalue weighted by atomic mass is 35.5. The number of nitrogens with zero attached hydrogens (tertiary/aromatic N) is 1. The molecule has 2 unspecified atom stereocenters. The van der Waals surface area contributed by atoms with Crippen molar-refractivity contribution in [2.45, 2.75) is 63.8 Å². The van der Waals surface area contributed by atoms with E-state index in [1.54, 1.807) is 0 Å². The lowest BCUT2D eigenvalue weighted by Gasteiger charge is -2.31. The maximum atomic E-state index is 6.13. The van der Waals surface area contributed by atoms with Gasteiger partial charge in [0.2, 0.25) is 0 Å². The van der Waals surface area contributed by atoms with Gasteiger partial charge in [-0.1, -0.05) is 55.6 Å². The molecule has 2 aromatic rings. The van der Waals surface area contributed by atoms with Crippen molar-refractivity contribution >= 4 is 28.0 Å². The van der Waals surface area contributed by atoms with Crippen LogP contribution in [-0.4, -0.2) is 35.7 Å². The summed E-state index contributed by atoms with van der Waals surface area (Å²) in [5.74, 6) is 4.92. The van der Waals surface area contributed by atoms with E-state index in [9.17, 15) is 0 Å². The topological polar surface area (TPSA) is 3.24 Å². The first-order chi connectivity index (χ1) is 13.8. The lowest BCUT2D eigenvalue weighted by Crippen LogP contribution is -2.39. The predicted molar refractivity (Wildman–Crippen MR) is 134 cm³/mol. The van der Waals surface area contributed by atoms with Gasteiger partial charge in [-0.2, -0.15) is 10.5 Å². The van der Waals surface area contributed by atoms with Crippen LogP contribution in [0.4, 0.5) is 0 Å². The van der Waals surface area contributed by atoms with Crippen molar-refractivity contribution in [3.63, 3.8) is 0 Å². The maximum absolute atomic E-state index is 6.13. The summed E-state index contributed by atoms with van der Waals surface area (Å²) in [5, 5.41) is 0.839. The van der Waals surface area contributed by atoms with Gasteiger partial charge in [0.1, 0.15) is 0 Å². The molecule has 0 spiro atoms. The van der Waals surface area contributed by atoms with Gasteiger partial charge < -0.3 is 0 Å². The molecule has 0 aromatic heterocycles. The van der Waals surface area contributed by atoms with Gasteiger partial charge in [0.05, 0.1) is 0 Å². The van der Waals surface area contributed by atoms with Crippen molar-refractivity contribution in [3.05, 3.63) is 64.7 Å². The molecule has 1 aliphatic heterocycles. The fraction of sp³-hybridized carbons (Fsp3) is 0.500. The molecular weight excluding hydrogens is 394 g/mol. The fourth-order valence-corrected chi connectivity index (χ4v) is 5.08. The van der Waals surface area contributed by atoms with Crippen molar-refractivity contribution in [2.24, 2.45) is 5.92 Å². The molecule has 1 nitrogen and oxygen atoms in total. The van der Waals surface area contributed by atoms with E-state index in [2.05, 4.69) is 73.3 Å². The molecule has 1 saturated heterocycles. The highest BCUT2D eigenvalue weighted by Crippen LogP contribution is 2.35. The van der Waals surface area contributed by atoms with E-state index in [1.807, 2.05) is 19.9 Å². The Labute approximate surface area is 186 Å². The van der Waals surface area contributed by atoms with Crippen LogP contribution in [0.3, 0.4) is 0 Å². The molecule has 0 saturated carbocycles. The molecule has 1 aliphatic rings. The van der Waals surface area contributed by atoms with Crippen LogP contribution >= 0.6 is 22.1 Å². The Kier molecular flexibility index (Phi) is 9.46. The average Bonchev–Trinajstić information content (AvgIpc) is 3.00. The van der Waals surface area contributed by atoms with E-state index >= 15 is 0 Å². The molecule has 0 bridgehead atoms.